The summed E-state index contributed by atoms with van der Waals surface area (Å²) < 4.78 is 40.3. The highest BCUT2D eigenvalue weighted by molar-refractivity contribution is 7.80. The number of rotatable bonds is 7. The Bertz CT molecular complexity index is 489. The van der Waals surface area contributed by atoms with E-state index in [0.29, 0.717) is 11.3 Å². The van der Waals surface area contributed by atoms with Gasteiger partial charge in [0.2, 0.25) is 5.91 Å². The second kappa shape index (κ2) is 7.94. The molecule has 0 fully saturated rings. The van der Waals surface area contributed by atoms with Gasteiger partial charge in [0.05, 0.1) is 26.1 Å². The predicted molar refractivity (Wildman–Crippen MR) is 77.1 cm³/mol. The third-order valence-corrected chi connectivity index (χ3v) is 2.69. The van der Waals surface area contributed by atoms with Crippen LogP contribution in [-0.2, 0) is 9.53 Å². The molecule has 0 unspecified atom stereocenters. The maximum atomic E-state index is 11.8. The van der Waals surface area contributed by atoms with Crippen molar-refractivity contribution in [1.82, 2.24) is 0 Å². The number of nitrogens with one attached hydrogen (secondary N) is 1. The van der Waals surface area contributed by atoms with Gasteiger partial charge < -0.3 is 15.8 Å². The molecular formula is C13H15F3N2O2S. The number of alkyl halides is 3. The van der Waals surface area contributed by atoms with Crippen LogP contribution < -0.4 is 11.1 Å². The van der Waals surface area contributed by atoms with Gasteiger partial charge in [-0.1, -0.05) is 12.2 Å². The molecule has 21 heavy (non-hydrogen) atoms. The number of carbonyl (C=O) groups excluding carboxylic acids is 1. The molecule has 116 valence electrons. The smallest absolute Gasteiger partial charge is 0.389 e. The van der Waals surface area contributed by atoms with Gasteiger partial charge in [-0.25, -0.2) is 0 Å². The second-order valence-corrected chi connectivity index (χ2v) is 4.66. The summed E-state index contributed by atoms with van der Waals surface area (Å²) in [7, 11) is 0. The monoisotopic (exact) mass is 320 g/mol. The van der Waals surface area contributed by atoms with Gasteiger partial charge >= 0.3 is 6.18 Å². The molecule has 0 saturated heterocycles. The lowest BCUT2D eigenvalue weighted by Crippen LogP contribution is -2.16. The Morgan fingerprint density at radius 2 is 1.86 bits per heavy atom. The third-order valence-electron chi connectivity index (χ3n) is 2.46. The van der Waals surface area contributed by atoms with Crippen molar-refractivity contribution in [2.24, 2.45) is 5.73 Å². The lowest BCUT2D eigenvalue weighted by Gasteiger charge is -2.08. The highest BCUT2D eigenvalue weighted by Crippen LogP contribution is 2.19. The lowest BCUT2D eigenvalue weighted by atomic mass is 10.2. The van der Waals surface area contributed by atoms with Crippen molar-refractivity contribution in [2.45, 2.75) is 19.0 Å². The van der Waals surface area contributed by atoms with Crippen molar-refractivity contribution in [3.63, 3.8) is 0 Å². The molecule has 0 bridgehead atoms. The van der Waals surface area contributed by atoms with Crippen LogP contribution in [0, 0.1) is 0 Å². The first-order valence-corrected chi connectivity index (χ1v) is 6.53. The topological polar surface area (TPSA) is 64.3 Å². The molecule has 1 aromatic carbocycles. The first-order valence-electron chi connectivity index (χ1n) is 6.12. The van der Waals surface area contributed by atoms with E-state index in [1.165, 1.54) is 0 Å². The maximum Gasteiger partial charge on any atom is 0.391 e. The van der Waals surface area contributed by atoms with Crippen molar-refractivity contribution in [3.05, 3.63) is 29.8 Å². The van der Waals surface area contributed by atoms with Gasteiger partial charge in [0.15, 0.2) is 0 Å². The van der Waals surface area contributed by atoms with Crippen molar-refractivity contribution in [1.29, 1.82) is 0 Å². The van der Waals surface area contributed by atoms with E-state index in [2.05, 4.69) is 5.32 Å². The second-order valence-electron chi connectivity index (χ2n) is 4.22. The summed E-state index contributed by atoms with van der Waals surface area (Å²) in [5.41, 5.74) is 6.67. The minimum absolute atomic E-state index is 0.0189. The molecule has 0 spiro atoms. The first-order chi connectivity index (χ1) is 9.78. The Labute approximate surface area is 125 Å². The van der Waals surface area contributed by atoms with Crippen molar-refractivity contribution in [3.8, 4) is 0 Å². The van der Waals surface area contributed by atoms with E-state index in [0.717, 1.165) is 0 Å². The van der Waals surface area contributed by atoms with Crippen LogP contribution in [0.15, 0.2) is 24.3 Å². The fourth-order valence-corrected chi connectivity index (χ4v) is 1.53. The van der Waals surface area contributed by atoms with Gasteiger partial charge in [-0.2, -0.15) is 13.2 Å². The first kappa shape index (κ1) is 17.4. The summed E-state index contributed by atoms with van der Waals surface area (Å²) in [5, 5.41) is 2.59. The summed E-state index contributed by atoms with van der Waals surface area (Å²) in [6.45, 7) is -0.508. The number of anilines is 1. The Morgan fingerprint density at radius 1 is 1.24 bits per heavy atom. The van der Waals surface area contributed by atoms with Crippen LogP contribution in [-0.4, -0.2) is 30.3 Å². The molecule has 1 rings (SSSR count). The Balaban J connectivity index is 2.26. The largest absolute Gasteiger partial charge is 0.391 e. The number of benzene rings is 1. The van der Waals surface area contributed by atoms with Crippen molar-refractivity contribution >= 4 is 28.8 Å². The minimum atomic E-state index is -4.24. The van der Waals surface area contributed by atoms with Crippen LogP contribution >= 0.6 is 12.2 Å². The van der Waals surface area contributed by atoms with Gasteiger partial charge in [0.25, 0.3) is 0 Å². The number of ether oxygens (including phenoxy) is 1. The zero-order valence-corrected chi connectivity index (χ0v) is 11.9. The van der Waals surface area contributed by atoms with Gasteiger partial charge in [-0.3, -0.25) is 4.79 Å². The zero-order chi connectivity index (χ0) is 15.9. The highest BCUT2D eigenvalue weighted by Gasteiger charge is 2.26. The molecule has 0 saturated carbocycles. The van der Waals surface area contributed by atoms with Crippen LogP contribution in [0.1, 0.15) is 18.4 Å². The molecule has 0 radical (unpaired) electrons. The average Bonchev–Trinajstić information content (AvgIpc) is 2.37. The molecule has 8 heteroatoms. The van der Waals surface area contributed by atoms with Crippen molar-refractivity contribution < 1.29 is 22.7 Å². The van der Waals surface area contributed by atoms with Gasteiger partial charge in [-0.05, 0) is 24.3 Å². The standard InChI is InChI=1S/C13H15F3N2O2S/c14-13(15,16)6-8-20-7-5-11(19)18-10-3-1-9(2-4-10)12(17)21/h1-4H,5-8H2,(H2,17,21)(H,18,19). The Hall–Kier alpha value is -1.67. The molecular weight excluding hydrogens is 305 g/mol. The van der Waals surface area contributed by atoms with Crippen LogP contribution in [0.2, 0.25) is 0 Å². The molecule has 0 aliphatic rings. The van der Waals surface area contributed by atoms with E-state index >= 15 is 0 Å². The number of hydrogen-bond acceptors (Lipinski definition) is 3. The summed E-state index contributed by atoms with van der Waals surface area (Å²) in [6, 6.07) is 6.60. The molecule has 0 aromatic heterocycles. The Morgan fingerprint density at radius 3 is 2.38 bits per heavy atom. The predicted octanol–water partition coefficient (Wildman–Crippen LogP) is 2.62. The van der Waals surface area contributed by atoms with Crippen LogP contribution in [0.5, 0.6) is 0 Å². The zero-order valence-electron chi connectivity index (χ0n) is 11.1. The molecule has 4 nitrogen and oxygen atoms in total. The summed E-state index contributed by atoms with van der Waals surface area (Å²) >= 11 is 4.80. The summed E-state index contributed by atoms with van der Waals surface area (Å²) in [4.78, 5) is 11.8. The maximum absolute atomic E-state index is 11.8. The molecule has 1 aromatic rings. The summed E-state index contributed by atoms with van der Waals surface area (Å²) in [5.74, 6) is -0.343. The highest BCUT2D eigenvalue weighted by atomic mass is 32.1. The third kappa shape index (κ3) is 7.62. The normalized spacial score (nSPS) is 11.2. The number of amides is 1. The Kier molecular flexibility index (Phi) is 6.57. The fraction of sp³-hybridized carbons (Fsp3) is 0.385. The van der Waals surface area contributed by atoms with Gasteiger partial charge in [0.1, 0.15) is 4.99 Å². The molecule has 0 aliphatic heterocycles. The molecule has 0 heterocycles. The van der Waals surface area contributed by atoms with Gasteiger partial charge in [-0.15, -0.1) is 0 Å². The molecule has 1 amide bonds. The number of halogens is 3. The lowest BCUT2D eigenvalue weighted by molar-refractivity contribution is -0.145. The number of carbonyl (C=O) groups is 1. The van der Waals surface area contributed by atoms with E-state index in [-0.39, 0.29) is 23.9 Å². The minimum Gasteiger partial charge on any atom is -0.389 e. The van der Waals surface area contributed by atoms with E-state index < -0.39 is 19.2 Å². The van der Waals surface area contributed by atoms with Crippen LogP contribution in [0.4, 0.5) is 18.9 Å². The quantitative estimate of drug-likeness (QED) is 0.599. The average molecular weight is 320 g/mol. The van der Waals surface area contributed by atoms with Gasteiger partial charge in [0, 0.05) is 11.3 Å². The molecule has 0 atom stereocenters. The van der Waals surface area contributed by atoms with Crippen LogP contribution in [0.25, 0.3) is 0 Å². The fourth-order valence-electron chi connectivity index (χ4n) is 1.40. The molecule has 3 N–H and O–H groups in total. The number of thiocarbonyl (C=S) groups is 1. The molecule has 0 aliphatic carbocycles. The van der Waals surface area contributed by atoms with E-state index in [1.54, 1.807) is 24.3 Å². The van der Waals surface area contributed by atoms with Crippen molar-refractivity contribution in [2.75, 3.05) is 18.5 Å². The van der Waals surface area contributed by atoms with E-state index in [1.807, 2.05) is 0 Å². The summed E-state index contributed by atoms with van der Waals surface area (Å²) in [6.07, 6.45) is -5.28. The number of nitrogens with two attached hydrogens (primary N) is 1. The number of hydrogen-bond donors (Lipinski definition) is 2. The van der Waals surface area contributed by atoms with Crippen LogP contribution in [0.3, 0.4) is 0 Å². The SMILES string of the molecule is NC(=S)c1ccc(NC(=O)CCOCCC(F)(F)F)cc1. The van der Waals surface area contributed by atoms with E-state index in [9.17, 15) is 18.0 Å². The van der Waals surface area contributed by atoms with E-state index in [4.69, 9.17) is 22.7 Å².